The van der Waals surface area contributed by atoms with Gasteiger partial charge in [0.2, 0.25) is 0 Å². The maximum absolute atomic E-state index is 5.83. The summed E-state index contributed by atoms with van der Waals surface area (Å²) in [5.41, 5.74) is 1.19. The first kappa shape index (κ1) is 13.1. The van der Waals surface area contributed by atoms with Gasteiger partial charge in [0.25, 0.3) is 0 Å². The predicted molar refractivity (Wildman–Crippen MR) is 72.0 cm³/mol. The highest BCUT2D eigenvalue weighted by atomic mass is 79.9. The molecule has 0 radical (unpaired) electrons. The maximum Gasteiger partial charge on any atom is 0.0900 e. The van der Waals surface area contributed by atoms with Gasteiger partial charge in [0.15, 0.2) is 0 Å². The van der Waals surface area contributed by atoms with Crippen molar-refractivity contribution < 1.29 is 4.74 Å². The summed E-state index contributed by atoms with van der Waals surface area (Å²) >= 11 is 3.57. The van der Waals surface area contributed by atoms with Gasteiger partial charge in [-0.05, 0) is 42.1 Å². The molecule has 1 atom stereocenters. The Labute approximate surface area is 112 Å². The third-order valence-electron chi connectivity index (χ3n) is 3.60. The number of halogens is 1. The fraction of sp³-hybridized carbons (Fsp3) is 0.769. The summed E-state index contributed by atoms with van der Waals surface area (Å²) in [6, 6.07) is 0.580. The van der Waals surface area contributed by atoms with Crippen LogP contribution < -0.4 is 0 Å². The molecular formula is C13H21BrN2O. The summed E-state index contributed by atoms with van der Waals surface area (Å²) in [5, 5.41) is 4.49. The van der Waals surface area contributed by atoms with E-state index in [0.717, 1.165) is 10.9 Å². The number of aromatic nitrogens is 2. The second kappa shape index (κ2) is 6.01. The molecule has 1 fully saturated rings. The highest BCUT2D eigenvalue weighted by molar-refractivity contribution is 9.10. The molecule has 1 aromatic rings. The molecule has 1 aliphatic carbocycles. The van der Waals surface area contributed by atoms with Gasteiger partial charge in [0.05, 0.1) is 35.1 Å². The Morgan fingerprint density at radius 3 is 2.88 bits per heavy atom. The molecule has 0 bridgehead atoms. The number of nitrogens with zero attached hydrogens (tertiary/aromatic N) is 2. The Balaban J connectivity index is 2.06. The molecule has 0 aliphatic heterocycles. The third-order valence-corrected chi connectivity index (χ3v) is 4.26. The summed E-state index contributed by atoms with van der Waals surface area (Å²) in [5.74, 6) is 0. The van der Waals surface area contributed by atoms with E-state index in [0.29, 0.717) is 18.8 Å². The second-order valence-electron chi connectivity index (χ2n) is 4.85. The van der Waals surface area contributed by atoms with Crippen LogP contribution >= 0.6 is 15.9 Å². The van der Waals surface area contributed by atoms with E-state index in [1.807, 2.05) is 6.20 Å². The Kier molecular flexibility index (Phi) is 4.62. The summed E-state index contributed by atoms with van der Waals surface area (Å²) in [4.78, 5) is 0. The lowest BCUT2D eigenvalue weighted by Gasteiger charge is -2.16. The molecular weight excluding hydrogens is 280 g/mol. The van der Waals surface area contributed by atoms with Crippen LogP contribution in [-0.4, -0.2) is 15.9 Å². The fourth-order valence-corrected chi connectivity index (χ4v) is 2.69. The molecule has 0 amide bonds. The number of ether oxygens (including phenoxy) is 1. The van der Waals surface area contributed by atoms with Crippen LogP contribution in [0.1, 0.15) is 57.7 Å². The molecule has 1 aliphatic rings. The zero-order valence-corrected chi connectivity index (χ0v) is 12.2. The summed E-state index contributed by atoms with van der Waals surface area (Å²) < 4.78 is 9.07. The summed E-state index contributed by atoms with van der Waals surface area (Å²) in [6.45, 7) is 4.92. The topological polar surface area (TPSA) is 27.1 Å². The molecule has 0 unspecified atom stereocenters. The minimum absolute atomic E-state index is 0.314. The smallest absolute Gasteiger partial charge is 0.0900 e. The van der Waals surface area contributed by atoms with Gasteiger partial charge in [-0.1, -0.05) is 19.8 Å². The third kappa shape index (κ3) is 3.10. The first-order valence-electron chi connectivity index (χ1n) is 6.55. The molecule has 96 valence electrons. The average Bonchev–Trinajstić information content (AvgIpc) is 2.95. The SMILES string of the molecule is CC[C@H](C)OCc1c(Br)cnn1C1CCCC1. The van der Waals surface area contributed by atoms with Gasteiger partial charge in [-0.3, -0.25) is 4.68 Å². The first-order chi connectivity index (χ1) is 8.22. The lowest BCUT2D eigenvalue weighted by atomic mass is 10.2. The normalized spacial score (nSPS) is 18.8. The van der Waals surface area contributed by atoms with E-state index < -0.39 is 0 Å². The van der Waals surface area contributed by atoms with E-state index in [-0.39, 0.29) is 0 Å². The minimum Gasteiger partial charge on any atom is -0.372 e. The monoisotopic (exact) mass is 300 g/mol. The van der Waals surface area contributed by atoms with Crippen LogP contribution in [0.4, 0.5) is 0 Å². The van der Waals surface area contributed by atoms with Crippen molar-refractivity contribution in [3.8, 4) is 0 Å². The van der Waals surface area contributed by atoms with Crippen LogP contribution in [-0.2, 0) is 11.3 Å². The molecule has 1 saturated carbocycles. The minimum atomic E-state index is 0.314. The van der Waals surface area contributed by atoms with Gasteiger partial charge < -0.3 is 4.74 Å². The van der Waals surface area contributed by atoms with E-state index in [1.54, 1.807) is 0 Å². The van der Waals surface area contributed by atoms with Crippen LogP contribution in [0.15, 0.2) is 10.7 Å². The largest absolute Gasteiger partial charge is 0.372 e. The van der Waals surface area contributed by atoms with Gasteiger partial charge in [0, 0.05) is 0 Å². The second-order valence-corrected chi connectivity index (χ2v) is 5.71. The van der Waals surface area contributed by atoms with Gasteiger partial charge in [0.1, 0.15) is 0 Å². The summed E-state index contributed by atoms with van der Waals surface area (Å²) in [6.07, 6.45) is 8.42. The quantitative estimate of drug-likeness (QED) is 0.819. The standard InChI is InChI=1S/C13H21BrN2O/c1-3-10(2)17-9-13-12(14)8-15-16(13)11-6-4-5-7-11/h8,10-11H,3-7,9H2,1-2H3/t10-/m0/s1. The van der Waals surface area contributed by atoms with Crippen LogP contribution in [0.3, 0.4) is 0 Å². The van der Waals surface area contributed by atoms with E-state index in [9.17, 15) is 0 Å². The highest BCUT2D eigenvalue weighted by Crippen LogP contribution is 2.32. The zero-order chi connectivity index (χ0) is 12.3. The molecule has 17 heavy (non-hydrogen) atoms. The molecule has 4 heteroatoms. The predicted octanol–water partition coefficient (Wildman–Crippen LogP) is 4.08. The number of hydrogen-bond acceptors (Lipinski definition) is 2. The molecule has 0 N–H and O–H groups in total. The molecule has 1 aromatic heterocycles. The Morgan fingerprint density at radius 1 is 1.53 bits per heavy atom. The van der Waals surface area contributed by atoms with Crippen molar-refractivity contribution >= 4 is 15.9 Å². The average molecular weight is 301 g/mol. The van der Waals surface area contributed by atoms with Crippen LogP contribution in [0.5, 0.6) is 0 Å². The van der Waals surface area contributed by atoms with Crippen LogP contribution in [0.25, 0.3) is 0 Å². The van der Waals surface area contributed by atoms with E-state index >= 15 is 0 Å². The highest BCUT2D eigenvalue weighted by Gasteiger charge is 2.21. The molecule has 0 spiro atoms. The fourth-order valence-electron chi connectivity index (χ4n) is 2.30. The lowest BCUT2D eigenvalue weighted by Crippen LogP contribution is -2.14. The summed E-state index contributed by atoms with van der Waals surface area (Å²) in [7, 11) is 0. The Hall–Kier alpha value is -0.350. The van der Waals surface area contributed by atoms with Crippen molar-refractivity contribution in [1.82, 2.24) is 9.78 Å². The van der Waals surface area contributed by atoms with E-state index in [4.69, 9.17) is 4.74 Å². The molecule has 1 heterocycles. The van der Waals surface area contributed by atoms with Gasteiger partial charge in [-0.2, -0.15) is 5.10 Å². The molecule has 0 saturated heterocycles. The van der Waals surface area contributed by atoms with Crippen molar-refractivity contribution in [1.29, 1.82) is 0 Å². The van der Waals surface area contributed by atoms with Crippen LogP contribution in [0.2, 0.25) is 0 Å². The Morgan fingerprint density at radius 2 is 2.24 bits per heavy atom. The van der Waals surface area contributed by atoms with Crippen molar-refractivity contribution in [3.05, 3.63) is 16.4 Å². The molecule has 3 nitrogen and oxygen atoms in total. The Bertz CT molecular complexity index is 358. The van der Waals surface area contributed by atoms with E-state index in [1.165, 1.54) is 31.4 Å². The molecule has 0 aromatic carbocycles. The molecule has 2 rings (SSSR count). The first-order valence-corrected chi connectivity index (χ1v) is 7.35. The van der Waals surface area contributed by atoms with Crippen molar-refractivity contribution in [2.24, 2.45) is 0 Å². The van der Waals surface area contributed by atoms with Crippen molar-refractivity contribution in [2.45, 2.75) is 64.7 Å². The van der Waals surface area contributed by atoms with E-state index in [2.05, 4.69) is 39.6 Å². The number of rotatable bonds is 5. The van der Waals surface area contributed by atoms with Crippen molar-refractivity contribution in [2.75, 3.05) is 0 Å². The van der Waals surface area contributed by atoms with Gasteiger partial charge >= 0.3 is 0 Å². The van der Waals surface area contributed by atoms with Gasteiger partial charge in [-0.25, -0.2) is 0 Å². The maximum atomic E-state index is 5.83. The zero-order valence-electron chi connectivity index (χ0n) is 10.7. The van der Waals surface area contributed by atoms with Gasteiger partial charge in [-0.15, -0.1) is 0 Å². The number of hydrogen-bond donors (Lipinski definition) is 0. The van der Waals surface area contributed by atoms with Crippen LogP contribution in [0, 0.1) is 0 Å². The lowest BCUT2D eigenvalue weighted by molar-refractivity contribution is 0.0455. The van der Waals surface area contributed by atoms with Crippen molar-refractivity contribution in [3.63, 3.8) is 0 Å².